The van der Waals surface area contributed by atoms with Crippen LogP contribution in [0.25, 0.3) is 0 Å². The smallest absolute Gasteiger partial charge is 0.0376 e. The highest BCUT2D eigenvalue weighted by Crippen LogP contribution is 2.25. The normalized spacial score (nSPS) is 20.4. The van der Waals surface area contributed by atoms with Gasteiger partial charge in [-0.2, -0.15) is 0 Å². The zero-order valence-corrected chi connectivity index (χ0v) is 9.17. The molecule has 1 aromatic rings. The largest absolute Gasteiger partial charge is 0.383 e. The van der Waals surface area contributed by atoms with Crippen LogP contribution in [0.3, 0.4) is 0 Å². The van der Waals surface area contributed by atoms with Crippen LogP contribution in [-0.4, -0.2) is 31.6 Å². The van der Waals surface area contributed by atoms with E-state index in [-0.39, 0.29) is 0 Å². The second kappa shape index (κ2) is 3.62. The lowest BCUT2D eigenvalue weighted by Crippen LogP contribution is -2.39. The van der Waals surface area contributed by atoms with Crippen molar-refractivity contribution in [2.45, 2.75) is 19.4 Å². The van der Waals surface area contributed by atoms with Crippen LogP contribution in [-0.2, 0) is 6.42 Å². The molecule has 14 heavy (non-hydrogen) atoms. The van der Waals surface area contributed by atoms with Crippen LogP contribution in [0.15, 0.2) is 18.2 Å². The van der Waals surface area contributed by atoms with E-state index < -0.39 is 0 Å². The van der Waals surface area contributed by atoms with Gasteiger partial charge in [-0.05, 0) is 44.6 Å². The predicted molar refractivity (Wildman–Crippen MR) is 60.8 cm³/mol. The molecule has 1 unspecified atom stereocenters. The summed E-state index contributed by atoms with van der Waals surface area (Å²) in [5.74, 6) is 0. The van der Waals surface area contributed by atoms with Gasteiger partial charge in [0.2, 0.25) is 0 Å². The van der Waals surface area contributed by atoms with E-state index in [1.54, 1.807) is 0 Å². The molecule has 0 amide bonds. The number of rotatable bonds is 1. The average Bonchev–Trinajstić information content (AvgIpc) is 2.18. The molecule has 0 fully saturated rings. The fourth-order valence-electron chi connectivity index (χ4n) is 2.04. The third kappa shape index (κ3) is 1.62. The molecule has 1 heterocycles. The molecule has 1 aromatic carbocycles. The molecule has 0 aromatic heterocycles. The Morgan fingerprint density at radius 2 is 2.14 bits per heavy atom. The highest BCUT2D eigenvalue weighted by Gasteiger charge is 2.20. The second-order valence-electron chi connectivity index (χ2n) is 4.30. The first-order chi connectivity index (χ1) is 6.68. The maximum atomic E-state index is 3.49. The maximum Gasteiger partial charge on any atom is 0.0376 e. The molecule has 76 valence electrons. The van der Waals surface area contributed by atoms with Crippen molar-refractivity contribution in [2.75, 3.05) is 26.0 Å². The summed E-state index contributed by atoms with van der Waals surface area (Å²) < 4.78 is 0. The third-order valence-corrected chi connectivity index (χ3v) is 3.11. The van der Waals surface area contributed by atoms with Gasteiger partial charge in [0, 0.05) is 18.3 Å². The van der Waals surface area contributed by atoms with Crippen LogP contribution >= 0.6 is 0 Å². The number of anilines is 1. The molecular formula is C12H18N2. The van der Waals surface area contributed by atoms with Gasteiger partial charge >= 0.3 is 0 Å². The van der Waals surface area contributed by atoms with Gasteiger partial charge in [0.15, 0.2) is 0 Å². The molecule has 1 aliphatic heterocycles. The Hall–Kier alpha value is -1.02. The first kappa shape index (κ1) is 9.53. The van der Waals surface area contributed by atoms with Gasteiger partial charge in [0.05, 0.1) is 0 Å². The second-order valence-corrected chi connectivity index (χ2v) is 4.30. The summed E-state index contributed by atoms with van der Waals surface area (Å²) in [6.07, 6.45) is 1.17. The van der Waals surface area contributed by atoms with Crippen LogP contribution in [0.4, 0.5) is 5.69 Å². The Labute approximate surface area is 85.9 Å². The summed E-state index contributed by atoms with van der Waals surface area (Å²) in [6.45, 7) is 3.25. The zero-order valence-electron chi connectivity index (χ0n) is 9.17. The zero-order chi connectivity index (χ0) is 10.1. The number of nitrogens with one attached hydrogen (secondary N) is 1. The van der Waals surface area contributed by atoms with Crippen LogP contribution in [0, 0.1) is 6.92 Å². The van der Waals surface area contributed by atoms with E-state index in [4.69, 9.17) is 0 Å². The lowest BCUT2D eigenvalue weighted by molar-refractivity contribution is 0.299. The number of likely N-dealkylation sites (N-methyl/N-ethyl adjacent to an activating group) is 1. The number of aryl methyl sites for hydroxylation is 1. The molecule has 0 saturated carbocycles. The Kier molecular flexibility index (Phi) is 2.46. The molecule has 2 heteroatoms. The first-order valence-electron chi connectivity index (χ1n) is 5.17. The van der Waals surface area contributed by atoms with E-state index in [2.05, 4.69) is 49.4 Å². The van der Waals surface area contributed by atoms with Gasteiger partial charge in [-0.3, -0.25) is 0 Å². The van der Waals surface area contributed by atoms with Crippen LogP contribution in [0.2, 0.25) is 0 Å². The third-order valence-electron chi connectivity index (χ3n) is 3.11. The minimum Gasteiger partial charge on any atom is -0.383 e. The maximum absolute atomic E-state index is 3.49. The van der Waals surface area contributed by atoms with Crippen molar-refractivity contribution in [3.8, 4) is 0 Å². The van der Waals surface area contributed by atoms with Gasteiger partial charge in [0.1, 0.15) is 0 Å². The van der Waals surface area contributed by atoms with Crippen LogP contribution < -0.4 is 5.32 Å². The summed E-state index contributed by atoms with van der Waals surface area (Å²) in [7, 11) is 4.30. The Morgan fingerprint density at radius 1 is 1.36 bits per heavy atom. The Bertz CT molecular complexity index is 331. The van der Waals surface area contributed by atoms with Crippen molar-refractivity contribution in [3.63, 3.8) is 0 Å². The van der Waals surface area contributed by atoms with Gasteiger partial charge in [-0.1, -0.05) is 12.1 Å². The van der Waals surface area contributed by atoms with Crippen molar-refractivity contribution in [1.82, 2.24) is 4.90 Å². The summed E-state index contributed by atoms with van der Waals surface area (Å²) in [6, 6.07) is 7.12. The molecule has 2 nitrogen and oxygen atoms in total. The van der Waals surface area contributed by atoms with Crippen LogP contribution in [0.5, 0.6) is 0 Å². The summed E-state index contributed by atoms with van der Waals surface area (Å²) in [4.78, 5) is 2.29. The minimum absolute atomic E-state index is 0.628. The molecule has 0 radical (unpaired) electrons. The average molecular weight is 190 g/mol. The van der Waals surface area contributed by atoms with Crippen molar-refractivity contribution >= 4 is 5.69 Å². The monoisotopic (exact) mass is 190 g/mol. The Morgan fingerprint density at radius 3 is 2.86 bits per heavy atom. The fraction of sp³-hybridized carbons (Fsp3) is 0.500. The molecule has 0 aliphatic carbocycles. The first-order valence-corrected chi connectivity index (χ1v) is 5.17. The SMILES string of the molecule is Cc1cccc2c1CC(N(C)C)CN2. The lowest BCUT2D eigenvalue weighted by atomic mass is 9.95. The molecule has 0 saturated heterocycles. The summed E-state index contributed by atoms with van der Waals surface area (Å²) in [5.41, 5.74) is 4.21. The standard InChI is InChI=1S/C12H18N2/c1-9-5-4-6-12-11(9)7-10(8-13-12)14(2)3/h4-6,10,13H,7-8H2,1-3H3. The van der Waals surface area contributed by atoms with E-state index in [0.717, 1.165) is 6.54 Å². The number of benzene rings is 1. The fourth-order valence-corrected chi connectivity index (χ4v) is 2.04. The van der Waals surface area contributed by atoms with E-state index >= 15 is 0 Å². The molecule has 0 spiro atoms. The van der Waals surface area contributed by atoms with E-state index in [1.165, 1.54) is 23.2 Å². The van der Waals surface area contributed by atoms with Gasteiger partial charge in [0.25, 0.3) is 0 Å². The molecule has 2 rings (SSSR count). The number of nitrogens with zero attached hydrogens (tertiary/aromatic N) is 1. The molecule has 0 bridgehead atoms. The van der Waals surface area contributed by atoms with Crippen molar-refractivity contribution in [3.05, 3.63) is 29.3 Å². The molecule has 1 N–H and O–H groups in total. The number of hydrogen-bond donors (Lipinski definition) is 1. The van der Waals surface area contributed by atoms with E-state index in [1.807, 2.05) is 0 Å². The van der Waals surface area contributed by atoms with Gasteiger partial charge in [-0.25, -0.2) is 0 Å². The Balaban J connectivity index is 2.29. The van der Waals surface area contributed by atoms with Crippen molar-refractivity contribution in [1.29, 1.82) is 0 Å². The van der Waals surface area contributed by atoms with Gasteiger partial charge in [-0.15, -0.1) is 0 Å². The summed E-state index contributed by atoms with van der Waals surface area (Å²) in [5, 5.41) is 3.49. The predicted octanol–water partition coefficient (Wildman–Crippen LogP) is 1.89. The topological polar surface area (TPSA) is 15.3 Å². The van der Waals surface area contributed by atoms with Crippen molar-refractivity contribution in [2.24, 2.45) is 0 Å². The van der Waals surface area contributed by atoms with Gasteiger partial charge < -0.3 is 10.2 Å². The molecular weight excluding hydrogens is 172 g/mol. The highest BCUT2D eigenvalue weighted by molar-refractivity contribution is 5.56. The molecule has 1 atom stereocenters. The van der Waals surface area contributed by atoms with Crippen LogP contribution in [0.1, 0.15) is 11.1 Å². The highest BCUT2D eigenvalue weighted by atomic mass is 15.1. The quantitative estimate of drug-likeness (QED) is 0.727. The van der Waals surface area contributed by atoms with E-state index in [9.17, 15) is 0 Å². The minimum atomic E-state index is 0.628. The summed E-state index contributed by atoms with van der Waals surface area (Å²) >= 11 is 0. The number of hydrogen-bond acceptors (Lipinski definition) is 2. The lowest BCUT2D eigenvalue weighted by Gasteiger charge is -2.31. The van der Waals surface area contributed by atoms with E-state index in [0.29, 0.717) is 6.04 Å². The number of fused-ring (bicyclic) bond motifs is 1. The van der Waals surface area contributed by atoms with Crippen molar-refractivity contribution < 1.29 is 0 Å². The molecule has 1 aliphatic rings.